The summed E-state index contributed by atoms with van der Waals surface area (Å²) in [6, 6.07) is 3.59. The van der Waals surface area contributed by atoms with Gasteiger partial charge in [-0.2, -0.15) is 0 Å². The summed E-state index contributed by atoms with van der Waals surface area (Å²) in [6.45, 7) is 0.944. The zero-order chi connectivity index (χ0) is 17.0. The molecule has 0 aliphatic carbocycles. The van der Waals surface area contributed by atoms with Gasteiger partial charge in [-0.25, -0.2) is 0 Å². The van der Waals surface area contributed by atoms with Crippen LogP contribution in [0.25, 0.3) is 0 Å². The number of carbonyl (C=O) groups is 4. The molecule has 1 unspecified atom stereocenters. The number of rotatable bonds is 8. The normalized spacial score (nSPS) is 14.6. The van der Waals surface area contributed by atoms with Crippen LogP contribution in [0.1, 0.15) is 33.6 Å². The molecule has 1 aliphatic rings. The average Bonchev–Trinajstić information content (AvgIpc) is 2.77. The summed E-state index contributed by atoms with van der Waals surface area (Å²) in [4.78, 5) is 47.8. The summed E-state index contributed by atoms with van der Waals surface area (Å²) >= 11 is 0. The van der Waals surface area contributed by atoms with E-state index in [2.05, 4.69) is 5.32 Å². The summed E-state index contributed by atoms with van der Waals surface area (Å²) in [5.41, 5.74) is 11.8. The summed E-state index contributed by atoms with van der Waals surface area (Å²) in [5.74, 6) is -1.98. The van der Waals surface area contributed by atoms with Gasteiger partial charge in [0, 0.05) is 25.2 Å². The molecule has 8 heteroatoms. The van der Waals surface area contributed by atoms with Gasteiger partial charge in [-0.05, 0) is 24.6 Å². The van der Waals surface area contributed by atoms with E-state index in [4.69, 9.17) is 11.5 Å². The second-order valence-corrected chi connectivity index (χ2v) is 5.12. The van der Waals surface area contributed by atoms with E-state index < -0.39 is 23.8 Å². The van der Waals surface area contributed by atoms with Crippen molar-refractivity contribution in [3.05, 3.63) is 29.3 Å². The van der Waals surface area contributed by atoms with Crippen LogP contribution < -0.4 is 16.8 Å². The topological polar surface area (TPSA) is 136 Å². The van der Waals surface area contributed by atoms with Crippen LogP contribution in [0.5, 0.6) is 0 Å². The number of aldehydes is 1. The van der Waals surface area contributed by atoms with Crippen LogP contribution in [0.3, 0.4) is 0 Å². The number of primary amides is 1. The van der Waals surface area contributed by atoms with Crippen LogP contribution in [0.4, 0.5) is 5.69 Å². The molecule has 0 spiro atoms. The Morgan fingerprint density at radius 3 is 2.57 bits per heavy atom. The zero-order valence-electron chi connectivity index (χ0n) is 12.5. The lowest BCUT2D eigenvalue weighted by Gasteiger charge is -2.22. The summed E-state index contributed by atoms with van der Waals surface area (Å²) in [7, 11) is 0. The maximum absolute atomic E-state index is 12.5. The van der Waals surface area contributed by atoms with Crippen LogP contribution in [-0.4, -0.2) is 48.0 Å². The second-order valence-electron chi connectivity index (χ2n) is 5.12. The smallest absolute Gasteiger partial charge is 0.262 e. The van der Waals surface area contributed by atoms with E-state index in [1.807, 2.05) is 0 Å². The Morgan fingerprint density at radius 1 is 1.26 bits per heavy atom. The maximum atomic E-state index is 12.5. The van der Waals surface area contributed by atoms with Crippen molar-refractivity contribution in [2.75, 3.05) is 18.4 Å². The Morgan fingerprint density at radius 2 is 1.96 bits per heavy atom. The van der Waals surface area contributed by atoms with Crippen LogP contribution >= 0.6 is 0 Å². The molecule has 5 N–H and O–H groups in total. The molecule has 0 aromatic heterocycles. The van der Waals surface area contributed by atoms with Crippen molar-refractivity contribution in [3.63, 3.8) is 0 Å². The van der Waals surface area contributed by atoms with Gasteiger partial charge in [0.2, 0.25) is 5.91 Å². The zero-order valence-corrected chi connectivity index (χ0v) is 12.5. The van der Waals surface area contributed by atoms with Gasteiger partial charge in [0.1, 0.15) is 12.3 Å². The van der Waals surface area contributed by atoms with E-state index in [1.54, 1.807) is 12.1 Å². The summed E-state index contributed by atoms with van der Waals surface area (Å²) in [5, 5.41) is 3.02. The molecule has 0 radical (unpaired) electrons. The Hall–Kier alpha value is -2.74. The molecular formula is C15H18N4O4. The largest absolute Gasteiger partial charge is 0.384 e. The van der Waals surface area contributed by atoms with Crippen molar-refractivity contribution in [1.29, 1.82) is 0 Å². The fourth-order valence-corrected chi connectivity index (χ4v) is 2.49. The highest BCUT2D eigenvalue weighted by Crippen LogP contribution is 2.28. The van der Waals surface area contributed by atoms with Crippen LogP contribution in [0, 0.1) is 0 Å². The molecule has 23 heavy (non-hydrogen) atoms. The van der Waals surface area contributed by atoms with E-state index in [-0.39, 0.29) is 24.0 Å². The first-order chi connectivity index (χ1) is 11.0. The van der Waals surface area contributed by atoms with Gasteiger partial charge in [-0.1, -0.05) is 0 Å². The minimum Gasteiger partial charge on any atom is -0.384 e. The molecule has 122 valence electrons. The summed E-state index contributed by atoms with van der Waals surface area (Å²) < 4.78 is 0. The van der Waals surface area contributed by atoms with Crippen molar-refractivity contribution in [1.82, 2.24) is 4.90 Å². The highest BCUT2D eigenvalue weighted by Gasteiger charge is 2.41. The lowest BCUT2D eigenvalue weighted by Crippen LogP contribution is -2.47. The van der Waals surface area contributed by atoms with E-state index in [9.17, 15) is 19.2 Å². The highest BCUT2D eigenvalue weighted by molar-refractivity contribution is 6.23. The number of imide groups is 1. The van der Waals surface area contributed by atoms with Gasteiger partial charge >= 0.3 is 0 Å². The van der Waals surface area contributed by atoms with Crippen molar-refractivity contribution in [3.8, 4) is 0 Å². The number of nitrogens with one attached hydrogen (secondary N) is 1. The van der Waals surface area contributed by atoms with Gasteiger partial charge in [0.25, 0.3) is 11.8 Å². The minimum absolute atomic E-state index is 0.0165. The maximum Gasteiger partial charge on any atom is 0.262 e. The second kappa shape index (κ2) is 7.01. The Labute approximate surface area is 132 Å². The third-order valence-corrected chi connectivity index (χ3v) is 3.59. The Kier molecular flexibility index (Phi) is 5.07. The molecule has 3 amide bonds. The predicted molar refractivity (Wildman–Crippen MR) is 82.8 cm³/mol. The standard InChI is InChI=1S/C15H18N4O4/c16-5-6-18-9-3-4-10-11(8-9)15(23)19(14(10)22)12(13(17)21)2-1-7-20/h3-4,7-8,12,18H,1-2,5-6,16H2,(H2,17,21). The van der Waals surface area contributed by atoms with Gasteiger partial charge in [-0.3, -0.25) is 19.3 Å². The molecule has 0 fully saturated rings. The molecule has 0 bridgehead atoms. The first-order valence-corrected chi connectivity index (χ1v) is 7.20. The number of hydrogen-bond donors (Lipinski definition) is 3. The molecule has 8 nitrogen and oxygen atoms in total. The van der Waals surface area contributed by atoms with Crippen molar-refractivity contribution in [2.45, 2.75) is 18.9 Å². The molecule has 1 aliphatic heterocycles. The van der Waals surface area contributed by atoms with Crippen molar-refractivity contribution >= 4 is 29.7 Å². The summed E-state index contributed by atoms with van der Waals surface area (Å²) in [6.07, 6.45) is 0.663. The molecular weight excluding hydrogens is 300 g/mol. The third kappa shape index (κ3) is 3.21. The van der Waals surface area contributed by atoms with E-state index in [1.165, 1.54) is 6.07 Å². The van der Waals surface area contributed by atoms with Crippen molar-refractivity contribution < 1.29 is 19.2 Å². The lowest BCUT2D eigenvalue weighted by atomic mass is 10.1. The van der Waals surface area contributed by atoms with E-state index in [0.717, 1.165) is 4.90 Å². The SMILES string of the molecule is NCCNc1ccc2c(c1)C(=O)N(C(CCC=O)C(N)=O)C2=O. The van der Waals surface area contributed by atoms with Gasteiger partial charge in [0.15, 0.2) is 0 Å². The van der Waals surface area contributed by atoms with E-state index >= 15 is 0 Å². The molecule has 0 saturated heterocycles. The molecule has 1 aromatic rings. The fraction of sp³-hybridized carbons (Fsp3) is 0.333. The molecule has 0 saturated carbocycles. The lowest BCUT2D eigenvalue weighted by molar-refractivity contribution is -0.122. The average molecular weight is 318 g/mol. The third-order valence-electron chi connectivity index (χ3n) is 3.59. The number of nitrogens with zero attached hydrogens (tertiary/aromatic N) is 1. The molecule has 1 heterocycles. The minimum atomic E-state index is -1.13. The number of fused-ring (bicyclic) bond motifs is 1. The number of anilines is 1. The fourth-order valence-electron chi connectivity index (χ4n) is 2.49. The van der Waals surface area contributed by atoms with Gasteiger partial charge in [-0.15, -0.1) is 0 Å². The van der Waals surface area contributed by atoms with Crippen LogP contribution in [0.2, 0.25) is 0 Å². The number of amides is 3. The first-order valence-electron chi connectivity index (χ1n) is 7.20. The Bertz CT molecular complexity index is 659. The first kappa shape index (κ1) is 16.6. The Balaban J connectivity index is 2.31. The van der Waals surface area contributed by atoms with Crippen molar-refractivity contribution in [2.24, 2.45) is 11.5 Å². The molecule has 1 atom stereocenters. The van der Waals surface area contributed by atoms with Gasteiger partial charge in [0.05, 0.1) is 11.1 Å². The predicted octanol–water partition coefficient (Wildman–Crippen LogP) is -0.514. The monoisotopic (exact) mass is 318 g/mol. The van der Waals surface area contributed by atoms with Crippen LogP contribution in [0.15, 0.2) is 18.2 Å². The van der Waals surface area contributed by atoms with Gasteiger partial charge < -0.3 is 21.6 Å². The quantitative estimate of drug-likeness (QED) is 0.436. The number of benzene rings is 1. The number of hydrogen-bond acceptors (Lipinski definition) is 6. The number of nitrogens with two attached hydrogens (primary N) is 2. The molecule has 1 aromatic carbocycles. The van der Waals surface area contributed by atoms with Crippen LogP contribution in [-0.2, 0) is 9.59 Å². The van der Waals surface area contributed by atoms with E-state index in [0.29, 0.717) is 25.1 Å². The number of carbonyl (C=O) groups excluding carboxylic acids is 4. The molecule has 2 rings (SSSR count). The highest BCUT2D eigenvalue weighted by atomic mass is 16.2.